The highest BCUT2D eigenvalue weighted by Gasteiger charge is 2.11. The van der Waals surface area contributed by atoms with Crippen LogP contribution in [0.2, 0.25) is 20.1 Å². The van der Waals surface area contributed by atoms with Gasteiger partial charge in [0.05, 0.1) is 20.1 Å². The minimum Gasteiger partial charge on any atom is -0.461 e. The average Bonchev–Trinajstić information content (AvgIpc) is 2.64. The summed E-state index contributed by atoms with van der Waals surface area (Å²) in [6, 6.07) is 10.2. The summed E-state index contributed by atoms with van der Waals surface area (Å²) in [7, 11) is 0. The van der Waals surface area contributed by atoms with Crippen molar-refractivity contribution in [1.82, 2.24) is 0 Å². The first-order chi connectivity index (χ1) is 12.9. The molecule has 0 fully saturated rings. The minimum atomic E-state index is -0.434. The lowest BCUT2D eigenvalue weighted by molar-refractivity contribution is -0.146. The van der Waals surface area contributed by atoms with Gasteiger partial charge in [0.15, 0.2) is 0 Å². The van der Waals surface area contributed by atoms with Crippen LogP contribution in [-0.2, 0) is 32.3 Å². The molecule has 0 radical (unpaired) electrons. The van der Waals surface area contributed by atoms with Crippen molar-refractivity contribution in [2.45, 2.75) is 32.5 Å². The standard InChI is InChI=1S/C19H16Cl4O4/c20-14-6-1-4-12(18(14)22)10-26-16(24)8-3-9-17(25)27-11-13-5-2-7-15(21)19(13)23/h1-2,4-7H,3,8-11H2. The van der Waals surface area contributed by atoms with Gasteiger partial charge in [0.2, 0.25) is 0 Å². The summed E-state index contributed by atoms with van der Waals surface area (Å²) in [5.74, 6) is -0.867. The Labute approximate surface area is 177 Å². The third-order valence-corrected chi connectivity index (χ3v) is 5.32. The second-order valence-corrected chi connectivity index (χ2v) is 7.17. The maximum Gasteiger partial charge on any atom is 0.306 e. The number of benzene rings is 2. The van der Waals surface area contributed by atoms with Gasteiger partial charge in [0.1, 0.15) is 13.2 Å². The Morgan fingerprint density at radius 1 is 0.704 bits per heavy atom. The second kappa shape index (κ2) is 10.8. The monoisotopic (exact) mass is 448 g/mol. The van der Waals surface area contributed by atoms with E-state index in [1.807, 2.05) is 0 Å². The van der Waals surface area contributed by atoms with Crippen LogP contribution in [0.1, 0.15) is 30.4 Å². The van der Waals surface area contributed by atoms with Crippen LogP contribution in [-0.4, -0.2) is 11.9 Å². The maximum atomic E-state index is 11.8. The number of hydrogen-bond acceptors (Lipinski definition) is 4. The summed E-state index contributed by atoms with van der Waals surface area (Å²) in [5, 5.41) is 1.51. The van der Waals surface area contributed by atoms with Crippen LogP contribution in [0.4, 0.5) is 0 Å². The van der Waals surface area contributed by atoms with E-state index in [4.69, 9.17) is 55.9 Å². The van der Waals surface area contributed by atoms with Crippen molar-refractivity contribution < 1.29 is 19.1 Å². The highest BCUT2D eigenvalue weighted by atomic mass is 35.5. The van der Waals surface area contributed by atoms with Crippen LogP contribution < -0.4 is 0 Å². The van der Waals surface area contributed by atoms with Gasteiger partial charge in [0.25, 0.3) is 0 Å². The lowest BCUT2D eigenvalue weighted by Gasteiger charge is -2.08. The van der Waals surface area contributed by atoms with Crippen molar-refractivity contribution >= 4 is 58.3 Å². The summed E-state index contributed by atoms with van der Waals surface area (Å²) in [5.41, 5.74) is 1.24. The van der Waals surface area contributed by atoms with E-state index in [2.05, 4.69) is 0 Å². The fourth-order valence-corrected chi connectivity index (χ4v) is 2.91. The Bertz CT molecular complexity index is 756. The van der Waals surface area contributed by atoms with Crippen LogP contribution in [0.3, 0.4) is 0 Å². The quantitative estimate of drug-likeness (QED) is 0.446. The Balaban J connectivity index is 1.68. The second-order valence-electron chi connectivity index (χ2n) is 5.60. The van der Waals surface area contributed by atoms with Gasteiger partial charge < -0.3 is 9.47 Å². The fraction of sp³-hybridized carbons (Fsp3) is 0.263. The Kier molecular flexibility index (Phi) is 8.71. The summed E-state index contributed by atoms with van der Waals surface area (Å²) in [4.78, 5) is 23.5. The van der Waals surface area contributed by atoms with E-state index in [1.54, 1.807) is 36.4 Å². The Morgan fingerprint density at radius 3 is 1.52 bits per heavy atom. The number of ether oxygens (including phenoxy) is 2. The predicted octanol–water partition coefficient (Wildman–Crippen LogP) is 6.26. The molecule has 8 heteroatoms. The first kappa shape index (κ1) is 21.8. The molecule has 0 bridgehead atoms. The molecule has 4 nitrogen and oxygen atoms in total. The topological polar surface area (TPSA) is 52.6 Å². The number of carbonyl (C=O) groups is 2. The lowest BCUT2D eigenvalue weighted by Crippen LogP contribution is -2.08. The molecule has 0 aliphatic carbocycles. The van der Waals surface area contributed by atoms with Gasteiger partial charge in [-0.05, 0) is 18.6 Å². The molecule has 0 aliphatic rings. The van der Waals surface area contributed by atoms with Crippen LogP contribution in [0.15, 0.2) is 36.4 Å². The summed E-state index contributed by atoms with van der Waals surface area (Å²) in [6.07, 6.45) is 0.487. The zero-order valence-corrected chi connectivity index (χ0v) is 17.2. The molecular weight excluding hydrogens is 434 g/mol. The highest BCUT2D eigenvalue weighted by molar-refractivity contribution is 6.42. The van der Waals surface area contributed by atoms with Crippen LogP contribution >= 0.6 is 46.4 Å². The number of esters is 2. The van der Waals surface area contributed by atoms with Gasteiger partial charge in [-0.25, -0.2) is 0 Å². The van der Waals surface area contributed by atoms with Crippen molar-refractivity contribution in [3.8, 4) is 0 Å². The van der Waals surface area contributed by atoms with Crippen LogP contribution in [0, 0.1) is 0 Å². The van der Waals surface area contributed by atoms with E-state index >= 15 is 0 Å². The zero-order valence-electron chi connectivity index (χ0n) is 14.1. The molecule has 2 aromatic rings. The molecule has 144 valence electrons. The molecule has 0 heterocycles. The largest absolute Gasteiger partial charge is 0.461 e. The normalized spacial score (nSPS) is 10.5. The fourth-order valence-electron chi connectivity index (χ4n) is 2.16. The summed E-state index contributed by atoms with van der Waals surface area (Å²) < 4.78 is 10.3. The minimum absolute atomic E-state index is 0.0237. The molecule has 0 amide bonds. The first-order valence-corrected chi connectivity index (χ1v) is 9.56. The van der Waals surface area contributed by atoms with Gasteiger partial charge in [-0.3, -0.25) is 9.59 Å². The van der Waals surface area contributed by atoms with Gasteiger partial charge in [-0.1, -0.05) is 70.7 Å². The third kappa shape index (κ3) is 6.89. The SMILES string of the molecule is O=C(CCCC(=O)OCc1cccc(Cl)c1Cl)OCc1cccc(Cl)c1Cl. The highest BCUT2D eigenvalue weighted by Crippen LogP contribution is 2.27. The summed E-state index contributed by atoms with van der Waals surface area (Å²) >= 11 is 23.9. The molecule has 0 aliphatic heterocycles. The first-order valence-electron chi connectivity index (χ1n) is 8.05. The predicted molar refractivity (Wildman–Crippen MR) is 106 cm³/mol. The van der Waals surface area contributed by atoms with Crippen LogP contribution in [0.25, 0.3) is 0 Å². The molecule has 0 saturated carbocycles. The molecule has 0 atom stereocenters. The molecule has 27 heavy (non-hydrogen) atoms. The molecule has 0 saturated heterocycles. The van der Waals surface area contributed by atoms with Crippen molar-refractivity contribution in [3.63, 3.8) is 0 Å². The van der Waals surface area contributed by atoms with E-state index in [1.165, 1.54) is 0 Å². The van der Waals surface area contributed by atoms with Gasteiger partial charge >= 0.3 is 11.9 Å². The van der Waals surface area contributed by atoms with E-state index in [0.717, 1.165) is 0 Å². The third-order valence-electron chi connectivity index (χ3n) is 3.60. The molecule has 0 aromatic heterocycles. The Morgan fingerprint density at radius 2 is 1.11 bits per heavy atom. The molecule has 2 aromatic carbocycles. The number of hydrogen-bond donors (Lipinski definition) is 0. The summed E-state index contributed by atoms with van der Waals surface area (Å²) in [6.45, 7) is 0.0475. The molecule has 0 N–H and O–H groups in total. The van der Waals surface area contributed by atoms with Crippen molar-refractivity contribution in [2.75, 3.05) is 0 Å². The van der Waals surface area contributed by atoms with E-state index in [-0.39, 0.29) is 26.1 Å². The smallest absolute Gasteiger partial charge is 0.306 e. The maximum absolute atomic E-state index is 11.8. The number of rotatable bonds is 8. The average molecular weight is 450 g/mol. The molecule has 2 rings (SSSR count). The molecule has 0 unspecified atom stereocenters. The van der Waals surface area contributed by atoms with Gasteiger partial charge in [-0.15, -0.1) is 0 Å². The van der Waals surface area contributed by atoms with Crippen molar-refractivity contribution in [3.05, 3.63) is 67.6 Å². The van der Waals surface area contributed by atoms with Gasteiger partial charge in [-0.2, -0.15) is 0 Å². The van der Waals surface area contributed by atoms with Crippen molar-refractivity contribution in [1.29, 1.82) is 0 Å². The van der Waals surface area contributed by atoms with Crippen molar-refractivity contribution in [2.24, 2.45) is 0 Å². The van der Waals surface area contributed by atoms with E-state index in [9.17, 15) is 9.59 Å². The molecular formula is C19H16Cl4O4. The van der Waals surface area contributed by atoms with E-state index in [0.29, 0.717) is 37.6 Å². The zero-order chi connectivity index (χ0) is 19.8. The number of halogens is 4. The number of carbonyl (C=O) groups excluding carboxylic acids is 2. The lowest BCUT2D eigenvalue weighted by atomic mass is 10.2. The van der Waals surface area contributed by atoms with Gasteiger partial charge in [0, 0.05) is 24.0 Å². The Hall–Kier alpha value is -1.46. The van der Waals surface area contributed by atoms with E-state index < -0.39 is 11.9 Å². The van der Waals surface area contributed by atoms with Crippen LogP contribution in [0.5, 0.6) is 0 Å². The molecule has 0 spiro atoms.